The fourth-order valence-corrected chi connectivity index (χ4v) is 1.97. The molecule has 1 heterocycles. The maximum absolute atomic E-state index is 12.0. The molecule has 1 amide bonds. The van der Waals surface area contributed by atoms with Crippen molar-refractivity contribution in [2.45, 2.75) is 26.2 Å². The lowest BCUT2D eigenvalue weighted by Crippen LogP contribution is -2.25. The minimum atomic E-state index is -0.0430. The number of rotatable bonds is 7. The minimum absolute atomic E-state index is 0.0430. The fraction of sp³-hybridized carbons (Fsp3) is 0.294. The van der Waals surface area contributed by atoms with Gasteiger partial charge in [-0.1, -0.05) is 37.6 Å². The van der Waals surface area contributed by atoms with Crippen LogP contribution in [0.15, 0.2) is 42.9 Å². The Morgan fingerprint density at radius 1 is 1.33 bits per heavy atom. The van der Waals surface area contributed by atoms with E-state index >= 15 is 0 Å². The largest absolute Gasteiger partial charge is 0.352 e. The molecule has 0 saturated heterocycles. The highest BCUT2D eigenvalue weighted by atomic mass is 16.1. The molecule has 0 atom stereocenters. The van der Waals surface area contributed by atoms with Crippen LogP contribution in [0.2, 0.25) is 0 Å². The maximum atomic E-state index is 12.0. The molecule has 0 bridgehead atoms. The molecule has 0 aliphatic heterocycles. The molecule has 0 saturated carbocycles. The van der Waals surface area contributed by atoms with Crippen molar-refractivity contribution < 1.29 is 4.79 Å². The lowest BCUT2D eigenvalue weighted by Gasteiger charge is -2.04. The maximum Gasteiger partial charge on any atom is 0.251 e. The Bertz CT molecular complexity index is 571. The van der Waals surface area contributed by atoms with Gasteiger partial charge in [-0.15, -0.1) is 0 Å². The number of aromatic amines is 1. The number of unbranched alkanes of at least 4 members (excludes halogenated alkanes) is 1. The van der Waals surface area contributed by atoms with Gasteiger partial charge in [0.15, 0.2) is 0 Å². The molecule has 4 heteroatoms. The first kappa shape index (κ1) is 15.0. The number of carbonyl (C=O) groups is 1. The van der Waals surface area contributed by atoms with Gasteiger partial charge in [-0.05, 0) is 24.1 Å². The number of hydrogen-bond acceptors (Lipinski definition) is 2. The van der Waals surface area contributed by atoms with E-state index in [1.165, 1.54) is 0 Å². The third-order valence-electron chi connectivity index (χ3n) is 3.17. The summed E-state index contributed by atoms with van der Waals surface area (Å²) in [6, 6.07) is 7.65. The first-order chi connectivity index (χ1) is 10.3. The SMILES string of the molecule is CCC/C=C/c1ccc(C(=O)NCCc2cnc[nH]2)cc1. The molecule has 0 radical (unpaired) electrons. The molecule has 4 nitrogen and oxygen atoms in total. The van der Waals surface area contributed by atoms with Crippen molar-refractivity contribution >= 4 is 12.0 Å². The van der Waals surface area contributed by atoms with Crippen molar-refractivity contribution in [3.63, 3.8) is 0 Å². The molecule has 2 N–H and O–H groups in total. The highest BCUT2D eigenvalue weighted by Gasteiger charge is 2.04. The van der Waals surface area contributed by atoms with Gasteiger partial charge >= 0.3 is 0 Å². The van der Waals surface area contributed by atoms with E-state index in [-0.39, 0.29) is 5.91 Å². The second-order valence-electron chi connectivity index (χ2n) is 4.90. The van der Waals surface area contributed by atoms with Gasteiger partial charge < -0.3 is 10.3 Å². The van der Waals surface area contributed by atoms with Crippen molar-refractivity contribution in [3.8, 4) is 0 Å². The highest BCUT2D eigenvalue weighted by molar-refractivity contribution is 5.94. The number of nitrogens with one attached hydrogen (secondary N) is 2. The summed E-state index contributed by atoms with van der Waals surface area (Å²) in [4.78, 5) is 18.9. The number of benzene rings is 1. The van der Waals surface area contributed by atoms with E-state index in [1.54, 1.807) is 12.5 Å². The third-order valence-corrected chi connectivity index (χ3v) is 3.17. The first-order valence-electron chi connectivity index (χ1n) is 7.31. The Kier molecular flexibility index (Phi) is 5.76. The quantitative estimate of drug-likeness (QED) is 0.820. The van der Waals surface area contributed by atoms with Gasteiger partial charge in [0.05, 0.1) is 6.33 Å². The predicted octanol–water partition coefficient (Wildman–Crippen LogP) is 3.20. The van der Waals surface area contributed by atoms with Crippen molar-refractivity contribution in [2.24, 2.45) is 0 Å². The van der Waals surface area contributed by atoms with Crippen molar-refractivity contribution in [1.82, 2.24) is 15.3 Å². The van der Waals surface area contributed by atoms with E-state index < -0.39 is 0 Å². The molecule has 0 aliphatic carbocycles. The third kappa shape index (κ3) is 4.91. The molecular weight excluding hydrogens is 262 g/mol. The summed E-state index contributed by atoms with van der Waals surface area (Å²) in [7, 11) is 0. The van der Waals surface area contributed by atoms with Crippen molar-refractivity contribution in [2.75, 3.05) is 6.54 Å². The summed E-state index contributed by atoms with van der Waals surface area (Å²) < 4.78 is 0. The number of hydrogen-bond donors (Lipinski definition) is 2. The van der Waals surface area contributed by atoms with E-state index in [2.05, 4.69) is 34.4 Å². The highest BCUT2D eigenvalue weighted by Crippen LogP contribution is 2.07. The zero-order valence-electron chi connectivity index (χ0n) is 12.3. The zero-order chi connectivity index (χ0) is 14.9. The number of nitrogens with zero attached hydrogens (tertiary/aromatic N) is 1. The van der Waals surface area contributed by atoms with Crippen LogP contribution in [0.25, 0.3) is 6.08 Å². The molecule has 1 aromatic carbocycles. The molecule has 21 heavy (non-hydrogen) atoms. The molecule has 0 spiro atoms. The van der Waals surface area contributed by atoms with Gasteiger partial charge in [-0.2, -0.15) is 0 Å². The minimum Gasteiger partial charge on any atom is -0.352 e. The molecule has 0 fully saturated rings. The number of carbonyl (C=O) groups excluding carboxylic acids is 1. The molecular formula is C17H21N3O. The van der Waals surface area contributed by atoms with Gasteiger partial charge in [-0.25, -0.2) is 4.98 Å². The van der Waals surface area contributed by atoms with E-state index in [4.69, 9.17) is 0 Å². The molecule has 2 aromatic rings. The molecule has 0 aliphatic rings. The fourth-order valence-electron chi connectivity index (χ4n) is 1.97. The van der Waals surface area contributed by atoms with E-state index in [1.807, 2.05) is 24.3 Å². The zero-order valence-corrected chi connectivity index (χ0v) is 12.3. The van der Waals surface area contributed by atoms with Crippen LogP contribution in [-0.2, 0) is 6.42 Å². The smallest absolute Gasteiger partial charge is 0.251 e. The average Bonchev–Trinajstić information content (AvgIpc) is 3.01. The first-order valence-corrected chi connectivity index (χ1v) is 7.31. The Hall–Kier alpha value is -2.36. The molecule has 0 unspecified atom stereocenters. The lowest BCUT2D eigenvalue weighted by molar-refractivity contribution is 0.0954. The summed E-state index contributed by atoms with van der Waals surface area (Å²) in [5.74, 6) is -0.0430. The summed E-state index contributed by atoms with van der Waals surface area (Å²) in [5.41, 5.74) is 2.83. The normalized spacial score (nSPS) is 10.9. The Balaban J connectivity index is 1.82. The second kappa shape index (κ2) is 8.04. The summed E-state index contributed by atoms with van der Waals surface area (Å²) >= 11 is 0. The topological polar surface area (TPSA) is 57.8 Å². The van der Waals surface area contributed by atoms with Crippen LogP contribution in [-0.4, -0.2) is 22.4 Å². The Morgan fingerprint density at radius 3 is 2.81 bits per heavy atom. The standard InChI is InChI=1S/C17H21N3O/c1-2-3-4-5-14-6-8-15(9-7-14)17(21)19-11-10-16-12-18-13-20-16/h4-9,12-13H,2-3,10-11H2,1H3,(H,18,20)(H,19,21)/b5-4+. The van der Waals surface area contributed by atoms with E-state index in [0.29, 0.717) is 12.1 Å². The Labute approximate surface area is 125 Å². The predicted molar refractivity (Wildman–Crippen MR) is 85.0 cm³/mol. The molecule has 110 valence electrons. The van der Waals surface area contributed by atoms with Crippen LogP contribution < -0.4 is 5.32 Å². The van der Waals surface area contributed by atoms with Crippen LogP contribution in [0.1, 0.15) is 41.4 Å². The van der Waals surface area contributed by atoms with Gasteiger partial charge in [0, 0.05) is 30.4 Å². The molecule has 2 rings (SSSR count). The van der Waals surface area contributed by atoms with Gasteiger partial charge in [0.25, 0.3) is 5.91 Å². The summed E-state index contributed by atoms with van der Waals surface area (Å²) in [6.07, 6.45) is 10.6. The number of aromatic nitrogens is 2. The van der Waals surface area contributed by atoms with Crippen LogP contribution in [0.4, 0.5) is 0 Å². The van der Waals surface area contributed by atoms with E-state index in [0.717, 1.165) is 30.5 Å². The van der Waals surface area contributed by atoms with Crippen LogP contribution in [0, 0.1) is 0 Å². The van der Waals surface area contributed by atoms with Gasteiger partial charge in [-0.3, -0.25) is 4.79 Å². The molecule has 1 aromatic heterocycles. The lowest BCUT2D eigenvalue weighted by atomic mass is 10.1. The second-order valence-corrected chi connectivity index (χ2v) is 4.90. The Morgan fingerprint density at radius 2 is 2.14 bits per heavy atom. The monoisotopic (exact) mass is 283 g/mol. The van der Waals surface area contributed by atoms with Crippen molar-refractivity contribution in [3.05, 3.63) is 59.7 Å². The summed E-state index contributed by atoms with van der Waals surface area (Å²) in [5, 5.41) is 2.90. The van der Waals surface area contributed by atoms with Gasteiger partial charge in [0.1, 0.15) is 0 Å². The number of imidazole rings is 1. The van der Waals surface area contributed by atoms with Crippen LogP contribution in [0.3, 0.4) is 0 Å². The van der Waals surface area contributed by atoms with E-state index in [9.17, 15) is 4.79 Å². The van der Waals surface area contributed by atoms with Crippen LogP contribution in [0.5, 0.6) is 0 Å². The van der Waals surface area contributed by atoms with Crippen molar-refractivity contribution in [1.29, 1.82) is 0 Å². The average molecular weight is 283 g/mol. The van der Waals surface area contributed by atoms with Crippen LogP contribution >= 0.6 is 0 Å². The number of H-pyrrole nitrogens is 1. The van der Waals surface area contributed by atoms with Gasteiger partial charge in [0.2, 0.25) is 0 Å². The number of allylic oxidation sites excluding steroid dienone is 1. The number of amides is 1. The summed E-state index contributed by atoms with van der Waals surface area (Å²) in [6.45, 7) is 2.75.